The van der Waals surface area contributed by atoms with Gasteiger partial charge < -0.3 is 14.6 Å². The molecule has 1 saturated heterocycles. The number of imidazole rings is 1. The number of benzene rings is 1. The number of hydrogen-bond acceptors (Lipinski definition) is 3. The van der Waals surface area contributed by atoms with Crippen molar-refractivity contribution in [2.24, 2.45) is 0 Å². The van der Waals surface area contributed by atoms with Gasteiger partial charge in [-0.25, -0.2) is 4.98 Å². The van der Waals surface area contributed by atoms with E-state index in [1.807, 2.05) is 35.0 Å². The molecule has 2 aromatic rings. The van der Waals surface area contributed by atoms with E-state index in [0.717, 1.165) is 43.7 Å². The van der Waals surface area contributed by atoms with Crippen molar-refractivity contribution in [1.82, 2.24) is 9.55 Å². The molecule has 0 aliphatic carbocycles. The molecule has 1 aliphatic heterocycles. The highest BCUT2D eigenvalue weighted by Gasteiger charge is 2.16. The van der Waals surface area contributed by atoms with Crippen molar-refractivity contribution in [2.75, 3.05) is 11.9 Å². The Kier molecular flexibility index (Phi) is 4.85. The van der Waals surface area contributed by atoms with Crippen LogP contribution in [-0.2, 0) is 16.1 Å². The van der Waals surface area contributed by atoms with E-state index in [-0.39, 0.29) is 12.0 Å². The van der Waals surface area contributed by atoms with Crippen LogP contribution in [-0.4, -0.2) is 28.2 Å². The van der Waals surface area contributed by atoms with Crippen molar-refractivity contribution < 1.29 is 9.53 Å². The van der Waals surface area contributed by atoms with Crippen LogP contribution < -0.4 is 5.32 Å². The minimum atomic E-state index is 0.0512. The van der Waals surface area contributed by atoms with Gasteiger partial charge in [-0.05, 0) is 37.0 Å². The number of amides is 1. The molecule has 1 aromatic heterocycles. The normalized spacial score (nSPS) is 17.5. The maximum absolute atomic E-state index is 12.0. The van der Waals surface area contributed by atoms with Gasteiger partial charge in [-0.15, -0.1) is 0 Å². The van der Waals surface area contributed by atoms with Gasteiger partial charge in [-0.3, -0.25) is 4.79 Å². The Hall–Kier alpha value is -2.14. The number of carbonyl (C=O) groups excluding carboxylic acids is 1. The lowest BCUT2D eigenvalue weighted by atomic mass is 10.1. The predicted octanol–water partition coefficient (Wildman–Crippen LogP) is 2.83. The molecule has 1 aliphatic rings. The summed E-state index contributed by atoms with van der Waals surface area (Å²) in [5, 5.41) is 2.97. The van der Waals surface area contributed by atoms with E-state index in [0.29, 0.717) is 6.42 Å². The average Bonchev–Trinajstić information content (AvgIpc) is 3.19. The molecule has 2 heterocycles. The van der Waals surface area contributed by atoms with Crippen molar-refractivity contribution in [3.05, 3.63) is 48.5 Å². The van der Waals surface area contributed by atoms with Gasteiger partial charge in [-0.1, -0.05) is 12.1 Å². The topological polar surface area (TPSA) is 56.1 Å². The molecule has 1 N–H and O–H groups in total. The second-order valence-electron chi connectivity index (χ2n) is 5.66. The summed E-state index contributed by atoms with van der Waals surface area (Å²) in [6.07, 6.45) is 9.24. The molecule has 5 nitrogen and oxygen atoms in total. The van der Waals surface area contributed by atoms with E-state index >= 15 is 0 Å². The van der Waals surface area contributed by atoms with Crippen LogP contribution in [0.3, 0.4) is 0 Å². The highest BCUT2D eigenvalue weighted by atomic mass is 16.5. The zero-order valence-corrected chi connectivity index (χ0v) is 12.6. The van der Waals surface area contributed by atoms with Crippen LogP contribution in [0.5, 0.6) is 0 Å². The number of nitrogens with zero attached hydrogens (tertiary/aromatic N) is 2. The van der Waals surface area contributed by atoms with Crippen molar-refractivity contribution in [1.29, 1.82) is 0 Å². The van der Waals surface area contributed by atoms with Crippen molar-refractivity contribution in [2.45, 2.75) is 38.3 Å². The lowest BCUT2D eigenvalue weighted by Crippen LogP contribution is -2.15. The minimum Gasteiger partial charge on any atom is -0.378 e. The Bertz CT molecular complexity index is 604. The number of aromatic nitrogens is 2. The zero-order valence-electron chi connectivity index (χ0n) is 12.6. The van der Waals surface area contributed by atoms with Crippen molar-refractivity contribution in [3.63, 3.8) is 0 Å². The molecule has 0 bridgehead atoms. The molecule has 116 valence electrons. The molecule has 0 unspecified atom stereocenters. The number of hydrogen-bond donors (Lipinski definition) is 1. The SMILES string of the molecule is O=C(CC[C@@H]1CCCO1)Nc1cccc(Cn2ccnc2)c1. The number of rotatable bonds is 6. The van der Waals surface area contributed by atoms with Crippen LogP contribution in [0.15, 0.2) is 43.0 Å². The smallest absolute Gasteiger partial charge is 0.224 e. The fourth-order valence-corrected chi connectivity index (χ4v) is 2.73. The van der Waals surface area contributed by atoms with Gasteiger partial charge in [0, 0.05) is 37.7 Å². The molecule has 1 aromatic carbocycles. The van der Waals surface area contributed by atoms with Gasteiger partial charge in [0.1, 0.15) is 0 Å². The van der Waals surface area contributed by atoms with Crippen LogP contribution >= 0.6 is 0 Å². The van der Waals surface area contributed by atoms with E-state index < -0.39 is 0 Å². The molecule has 1 atom stereocenters. The summed E-state index contributed by atoms with van der Waals surface area (Å²) >= 11 is 0. The van der Waals surface area contributed by atoms with E-state index in [1.165, 1.54) is 0 Å². The van der Waals surface area contributed by atoms with Gasteiger partial charge in [0.2, 0.25) is 5.91 Å². The first-order valence-corrected chi connectivity index (χ1v) is 7.76. The van der Waals surface area contributed by atoms with Crippen LogP contribution in [0.2, 0.25) is 0 Å². The minimum absolute atomic E-state index is 0.0512. The first kappa shape index (κ1) is 14.8. The molecule has 22 heavy (non-hydrogen) atoms. The highest BCUT2D eigenvalue weighted by molar-refractivity contribution is 5.90. The fourth-order valence-electron chi connectivity index (χ4n) is 2.73. The third-order valence-corrected chi connectivity index (χ3v) is 3.85. The van der Waals surface area contributed by atoms with Gasteiger partial charge in [0.05, 0.1) is 12.4 Å². The molecular formula is C17H21N3O2. The summed E-state index contributed by atoms with van der Waals surface area (Å²) < 4.78 is 7.54. The Morgan fingerprint density at radius 1 is 1.45 bits per heavy atom. The maximum Gasteiger partial charge on any atom is 0.224 e. The molecule has 0 spiro atoms. The standard InChI is InChI=1S/C17H21N3O2/c21-17(7-6-16-5-2-10-22-16)19-15-4-1-3-14(11-15)12-20-9-8-18-13-20/h1,3-4,8-9,11,13,16H,2,5-7,10,12H2,(H,19,21)/t16-/m0/s1. The summed E-state index contributed by atoms with van der Waals surface area (Å²) in [6.45, 7) is 1.59. The number of anilines is 1. The second kappa shape index (κ2) is 7.22. The predicted molar refractivity (Wildman–Crippen MR) is 84.6 cm³/mol. The number of nitrogens with one attached hydrogen (secondary N) is 1. The van der Waals surface area contributed by atoms with Gasteiger partial charge in [0.25, 0.3) is 0 Å². The quantitative estimate of drug-likeness (QED) is 0.892. The molecule has 1 fully saturated rings. The van der Waals surface area contributed by atoms with Gasteiger partial charge in [-0.2, -0.15) is 0 Å². The van der Waals surface area contributed by atoms with E-state index in [1.54, 1.807) is 12.5 Å². The van der Waals surface area contributed by atoms with E-state index in [2.05, 4.69) is 10.3 Å². The maximum atomic E-state index is 12.0. The number of carbonyl (C=O) groups is 1. The molecule has 0 radical (unpaired) electrons. The summed E-state index contributed by atoms with van der Waals surface area (Å²) in [4.78, 5) is 16.0. The van der Waals surface area contributed by atoms with Crippen LogP contribution in [0.4, 0.5) is 5.69 Å². The van der Waals surface area contributed by atoms with Crippen LogP contribution in [0, 0.1) is 0 Å². The average molecular weight is 299 g/mol. The molecule has 0 saturated carbocycles. The van der Waals surface area contributed by atoms with Crippen LogP contribution in [0.25, 0.3) is 0 Å². The second-order valence-corrected chi connectivity index (χ2v) is 5.66. The first-order valence-electron chi connectivity index (χ1n) is 7.76. The van der Waals surface area contributed by atoms with Crippen molar-refractivity contribution in [3.8, 4) is 0 Å². The van der Waals surface area contributed by atoms with Gasteiger partial charge in [0.15, 0.2) is 0 Å². The Balaban J connectivity index is 1.52. The monoisotopic (exact) mass is 299 g/mol. The molecule has 5 heteroatoms. The summed E-state index contributed by atoms with van der Waals surface area (Å²) in [5.41, 5.74) is 1.98. The van der Waals surface area contributed by atoms with Gasteiger partial charge >= 0.3 is 0 Å². The fraction of sp³-hybridized carbons (Fsp3) is 0.412. The van der Waals surface area contributed by atoms with Crippen molar-refractivity contribution >= 4 is 11.6 Å². The largest absolute Gasteiger partial charge is 0.378 e. The Morgan fingerprint density at radius 3 is 3.18 bits per heavy atom. The zero-order chi connectivity index (χ0) is 15.2. The summed E-state index contributed by atoms with van der Waals surface area (Å²) in [5.74, 6) is 0.0512. The molecule has 1 amide bonds. The summed E-state index contributed by atoms with van der Waals surface area (Å²) in [6, 6.07) is 7.93. The molecule has 3 rings (SSSR count). The Labute approximate surface area is 130 Å². The first-order chi connectivity index (χ1) is 10.8. The third-order valence-electron chi connectivity index (χ3n) is 3.85. The summed E-state index contributed by atoms with van der Waals surface area (Å²) in [7, 11) is 0. The third kappa shape index (κ3) is 4.18. The highest BCUT2D eigenvalue weighted by Crippen LogP contribution is 2.18. The van der Waals surface area contributed by atoms with E-state index in [9.17, 15) is 4.79 Å². The molecular weight excluding hydrogens is 278 g/mol. The Morgan fingerprint density at radius 2 is 2.41 bits per heavy atom. The van der Waals surface area contributed by atoms with Crippen LogP contribution in [0.1, 0.15) is 31.2 Å². The van der Waals surface area contributed by atoms with E-state index in [4.69, 9.17) is 4.74 Å². The number of ether oxygens (including phenoxy) is 1. The lowest BCUT2D eigenvalue weighted by molar-refractivity contribution is -0.116. The lowest BCUT2D eigenvalue weighted by Gasteiger charge is -2.10.